The first-order valence-corrected chi connectivity index (χ1v) is 7.46. The van der Waals surface area contributed by atoms with Gasteiger partial charge in [-0.15, -0.1) is 25.6 Å². The Hall–Kier alpha value is -1.32. The zero-order valence-corrected chi connectivity index (χ0v) is 14.3. The Balaban J connectivity index is 0.00000312. The Bertz CT molecular complexity index is 539. The van der Waals surface area contributed by atoms with E-state index >= 15 is 0 Å². The van der Waals surface area contributed by atoms with Gasteiger partial charge in [0, 0.05) is 44.2 Å². The zero-order valence-electron chi connectivity index (χ0n) is 13.5. The van der Waals surface area contributed by atoms with E-state index in [0.29, 0.717) is 26.2 Å². The maximum absolute atomic E-state index is 13.0. The van der Waals surface area contributed by atoms with Gasteiger partial charge in [0.25, 0.3) is 0 Å². The lowest BCUT2D eigenvalue weighted by Gasteiger charge is -2.35. The van der Waals surface area contributed by atoms with E-state index in [1.54, 1.807) is 0 Å². The van der Waals surface area contributed by atoms with Crippen LogP contribution in [-0.2, 0) is 0 Å². The molecule has 1 atom stereocenters. The van der Waals surface area contributed by atoms with E-state index in [9.17, 15) is 22.0 Å². The van der Waals surface area contributed by atoms with Crippen LogP contribution in [0.4, 0.5) is 22.0 Å². The van der Waals surface area contributed by atoms with Gasteiger partial charge in [-0.3, -0.25) is 4.90 Å². The predicted molar refractivity (Wildman–Crippen MR) is 84.7 cm³/mol. The highest BCUT2D eigenvalue weighted by molar-refractivity contribution is 5.85. The summed E-state index contributed by atoms with van der Waals surface area (Å²) in [6.45, 7) is 2.29. The average Bonchev–Trinajstić information content (AvgIpc) is 2.52. The van der Waals surface area contributed by atoms with E-state index < -0.39 is 31.0 Å². The lowest BCUT2D eigenvalue weighted by Crippen LogP contribution is -2.45. The molecule has 0 aliphatic carbocycles. The van der Waals surface area contributed by atoms with Crippen molar-refractivity contribution in [1.29, 1.82) is 0 Å². The number of hydrogen-bond acceptors (Lipinski definition) is 4. The smallest absolute Gasteiger partial charge is 0.496 e. The molecule has 1 aromatic carbocycles. The fraction of sp³-hybridized carbons (Fsp3) is 0.600. The molecule has 0 unspecified atom stereocenters. The number of ether oxygens (including phenoxy) is 2. The van der Waals surface area contributed by atoms with E-state index in [-0.39, 0.29) is 23.7 Å². The van der Waals surface area contributed by atoms with Crippen LogP contribution in [0.5, 0.6) is 11.5 Å². The molecule has 0 amide bonds. The van der Waals surface area contributed by atoms with Crippen molar-refractivity contribution in [2.24, 2.45) is 0 Å². The van der Waals surface area contributed by atoms with Crippen LogP contribution in [0.25, 0.3) is 0 Å². The number of alkyl halides is 5. The third kappa shape index (κ3) is 6.48. The van der Waals surface area contributed by atoms with Gasteiger partial charge in [-0.05, 0) is 18.2 Å². The van der Waals surface area contributed by atoms with Gasteiger partial charge in [-0.25, -0.2) is 8.78 Å². The summed E-state index contributed by atoms with van der Waals surface area (Å²) >= 11 is 0. The third-order valence-electron chi connectivity index (χ3n) is 3.79. The highest BCUT2D eigenvalue weighted by Crippen LogP contribution is 2.37. The maximum Gasteiger partial charge on any atom is 0.573 e. The summed E-state index contributed by atoms with van der Waals surface area (Å²) in [5, 5.41) is 3.11. The molecule has 0 saturated carbocycles. The van der Waals surface area contributed by atoms with Gasteiger partial charge in [-0.2, -0.15) is 0 Å². The molecule has 1 N–H and O–H groups in total. The van der Waals surface area contributed by atoms with Crippen molar-refractivity contribution in [3.05, 3.63) is 23.8 Å². The van der Waals surface area contributed by atoms with Gasteiger partial charge in [0.1, 0.15) is 11.5 Å². The van der Waals surface area contributed by atoms with Crippen LogP contribution in [0.15, 0.2) is 18.2 Å². The number of nitrogens with one attached hydrogen (secondary N) is 1. The second-order valence-electron chi connectivity index (χ2n) is 5.38. The number of methoxy groups -OCH3 is 1. The fourth-order valence-electron chi connectivity index (χ4n) is 2.81. The van der Waals surface area contributed by atoms with Crippen molar-refractivity contribution in [3.8, 4) is 11.5 Å². The van der Waals surface area contributed by atoms with E-state index in [0.717, 1.165) is 12.1 Å². The van der Waals surface area contributed by atoms with Crippen LogP contribution < -0.4 is 14.8 Å². The lowest BCUT2D eigenvalue weighted by atomic mass is 9.99. The highest BCUT2D eigenvalue weighted by atomic mass is 35.5. The van der Waals surface area contributed by atoms with Gasteiger partial charge >= 0.3 is 6.36 Å². The van der Waals surface area contributed by atoms with Crippen molar-refractivity contribution >= 4 is 12.4 Å². The lowest BCUT2D eigenvalue weighted by molar-refractivity contribution is -0.274. The summed E-state index contributed by atoms with van der Waals surface area (Å²) in [6, 6.07) is 2.78. The normalized spacial score (nSPS) is 17.1. The monoisotopic (exact) mass is 390 g/mol. The first-order valence-electron chi connectivity index (χ1n) is 7.46. The maximum atomic E-state index is 13.0. The minimum atomic E-state index is -4.85. The Labute approximate surface area is 148 Å². The first kappa shape index (κ1) is 21.7. The third-order valence-corrected chi connectivity index (χ3v) is 3.79. The molecule has 1 saturated heterocycles. The number of hydrogen-bond donors (Lipinski definition) is 1. The van der Waals surface area contributed by atoms with Crippen molar-refractivity contribution in [3.63, 3.8) is 0 Å². The Morgan fingerprint density at radius 3 is 2.36 bits per heavy atom. The van der Waals surface area contributed by atoms with Crippen molar-refractivity contribution in [2.75, 3.05) is 33.3 Å². The average molecular weight is 391 g/mol. The molecule has 2 rings (SSSR count). The zero-order chi connectivity index (χ0) is 17.7. The Morgan fingerprint density at radius 2 is 1.84 bits per heavy atom. The van der Waals surface area contributed by atoms with Gasteiger partial charge in [-0.1, -0.05) is 0 Å². The molecule has 1 aromatic rings. The van der Waals surface area contributed by atoms with Gasteiger partial charge in [0.15, 0.2) is 0 Å². The summed E-state index contributed by atoms with van der Waals surface area (Å²) in [6.07, 6.45) is -7.94. The molecule has 1 aliphatic rings. The molecule has 0 bridgehead atoms. The van der Waals surface area contributed by atoms with Crippen LogP contribution in [0.1, 0.15) is 18.0 Å². The minimum Gasteiger partial charge on any atom is -0.496 e. The van der Waals surface area contributed by atoms with E-state index in [4.69, 9.17) is 4.74 Å². The number of halogens is 6. The standard InChI is InChI=1S/C15H19F5N2O2.ClH/c1-23-13-3-2-10(24-15(18,19)20)8-11(13)12(9-14(16)17)22-6-4-21-5-7-22;/h2-3,8,12,14,21H,4-7,9H2,1H3;1H/t12-;/m0./s1. The van der Waals surface area contributed by atoms with Crippen LogP contribution in [0.3, 0.4) is 0 Å². The molecular weight excluding hydrogens is 371 g/mol. The molecule has 0 spiro atoms. The molecule has 1 fully saturated rings. The van der Waals surface area contributed by atoms with Crippen molar-refractivity contribution in [1.82, 2.24) is 10.2 Å². The molecule has 1 aliphatic heterocycles. The topological polar surface area (TPSA) is 33.7 Å². The fourth-order valence-corrected chi connectivity index (χ4v) is 2.81. The Morgan fingerprint density at radius 1 is 1.20 bits per heavy atom. The SMILES string of the molecule is COc1ccc(OC(F)(F)F)cc1[C@H](CC(F)F)N1CCNCC1.Cl. The molecule has 25 heavy (non-hydrogen) atoms. The summed E-state index contributed by atoms with van der Waals surface area (Å²) < 4.78 is 72.4. The number of benzene rings is 1. The second-order valence-corrected chi connectivity index (χ2v) is 5.38. The van der Waals surface area contributed by atoms with Crippen LogP contribution >= 0.6 is 12.4 Å². The highest BCUT2D eigenvalue weighted by Gasteiger charge is 2.33. The van der Waals surface area contributed by atoms with Crippen LogP contribution in [-0.4, -0.2) is 51.0 Å². The Kier molecular flexibility index (Phi) is 8.17. The number of nitrogens with zero attached hydrogens (tertiary/aromatic N) is 1. The van der Waals surface area contributed by atoms with Gasteiger partial charge in [0.05, 0.1) is 7.11 Å². The largest absolute Gasteiger partial charge is 0.573 e. The van der Waals surface area contributed by atoms with Crippen LogP contribution in [0.2, 0.25) is 0 Å². The molecule has 0 aromatic heterocycles. The second kappa shape index (κ2) is 9.40. The predicted octanol–water partition coefficient (Wildman–Crippen LogP) is 3.62. The van der Waals surface area contributed by atoms with Crippen molar-refractivity contribution < 1.29 is 31.4 Å². The molecule has 1 heterocycles. The molecule has 4 nitrogen and oxygen atoms in total. The number of piperazine rings is 1. The minimum absolute atomic E-state index is 0. The molecular formula is C15H20ClF5N2O2. The van der Waals surface area contributed by atoms with E-state index in [1.165, 1.54) is 13.2 Å². The summed E-state index contributed by atoms with van der Waals surface area (Å²) in [4.78, 5) is 1.82. The molecule has 0 radical (unpaired) electrons. The van der Waals surface area contributed by atoms with E-state index in [1.807, 2.05) is 4.90 Å². The summed E-state index contributed by atoms with van der Waals surface area (Å²) in [7, 11) is 1.35. The number of rotatable bonds is 6. The summed E-state index contributed by atoms with van der Waals surface area (Å²) in [5.74, 6) is -0.193. The van der Waals surface area contributed by atoms with Crippen LogP contribution in [0, 0.1) is 0 Å². The van der Waals surface area contributed by atoms with Crippen molar-refractivity contribution in [2.45, 2.75) is 25.3 Å². The molecule has 10 heteroatoms. The molecule has 144 valence electrons. The van der Waals surface area contributed by atoms with E-state index in [2.05, 4.69) is 10.1 Å². The van der Waals surface area contributed by atoms with Gasteiger partial charge < -0.3 is 14.8 Å². The first-order chi connectivity index (χ1) is 11.3. The summed E-state index contributed by atoms with van der Waals surface area (Å²) in [5.41, 5.74) is 0.265. The van der Waals surface area contributed by atoms with Gasteiger partial charge in [0.2, 0.25) is 6.43 Å². The quantitative estimate of drug-likeness (QED) is 0.752.